The van der Waals surface area contributed by atoms with E-state index in [4.69, 9.17) is 35.4 Å². The van der Waals surface area contributed by atoms with Gasteiger partial charge in [0.25, 0.3) is 5.91 Å². The fourth-order valence-electron chi connectivity index (χ4n) is 1.82. The number of benzene rings is 2. The number of hydrogen-bond acceptors (Lipinski definition) is 3. The van der Waals surface area contributed by atoms with E-state index in [1.807, 2.05) is 6.07 Å². The summed E-state index contributed by atoms with van der Waals surface area (Å²) in [4.78, 5) is 23.4. The Labute approximate surface area is 166 Å². The zero-order valence-electron chi connectivity index (χ0n) is 11.8. The molecular formula is C15H9Cl2IN2O3S. The van der Waals surface area contributed by atoms with E-state index in [1.165, 1.54) is 12.1 Å². The van der Waals surface area contributed by atoms with Gasteiger partial charge in [-0.15, -0.1) is 0 Å². The van der Waals surface area contributed by atoms with E-state index < -0.39 is 11.9 Å². The van der Waals surface area contributed by atoms with E-state index >= 15 is 0 Å². The van der Waals surface area contributed by atoms with Crippen LogP contribution in [0.1, 0.15) is 20.7 Å². The topological polar surface area (TPSA) is 78.4 Å². The predicted molar refractivity (Wildman–Crippen MR) is 106 cm³/mol. The van der Waals surface area contributed by atoms with Crippen molar-refractivity contribution in [3.63, 3.8) is 0 Å². The van der Waals surface area contributed by atoms with Gasteiger partial charge < -0.3 is 10.4 Å². The highest BCUT2D eigenvalue weighted by molar-refractivity contribution is 14.1. The third-order valence-electron chi connectivity index (χ3n) is 2.84. The van der Waals surface area contributed by atoms with Crippen LogP contribution in [-0.4, -0.2) is 22.1 Å². The Balaban J connectivity index is 2.18. The van der Waals surface area contributed by atoms with Gasteiger partial charge in [0.05, 0.1) is 16.3 Å². The standard InChI is InChI=1S/C15H9Cl2IN2O3S/c16-8-5-10(14(22)23)12(11(17)6-8)19-15(24)20-13(21)7-2-1-3-9(18)4-7/h1-6H,(H,22,23)(H2,19,20,21,24). The SMILES string of the molecule is O=C(NC(=S)Nc1c(Cl)cc(Cl)cc1C(=O)O)c1cccc(I)c1. The minimum absolute atomic E-state index is 0.0570. The molecule has 0 aliphatic rings. The van der Waals surface area contributed by atoms with Gasteiger partial charge in [-0.1, -0.05) is 29.3 Å². The molecule has 0 unspecified atom stereocenters. The maximum absolute atomic E-state index is 12.1. The molecule has 124 valence electrons. The van der Waals surface area contributed by atoms with Crippen LogP contribution >= 0.6 is 58.0 Å². The molecule has 2 aromatic carbocycles. The first-order chi connectivity index (χ1) is 11.3. The Bertz CT molecular complexity index is 845. The number of carbonyl (C=O) groups excluding carboxylic acids is 1. The molecule has 0 radical (unpaired) electrons. The van der Waals surface area contributed by atoms with Crippen LogP contribution in [0.15, 0.2) is 36.4 Å². The van der Waals surface area contributed by atoms with Crippen LogP contribution in [0, 0.1) is 3.57 Å². The Hall–Kier alpha value is -1.42. The highest BCUT2D eigenvalue weighted by atomic mass is 127. The van der Waals surface area contributed by atoms with Crippen LogP contribution in [0.4, 0.5) is 5.69 Å². The second-order valence-corrected chi connectivity index (χ2v) is 7.03. The predicted octanol–water partition coefficient (Wildman–Crippen LogP) is 4.42. The van der Waals surface area contributed by atoms with Gasteiger partial charge in [0.15, 0.2) is 5.11 Å². The summed E-state index contributed by atoms with van der Waals surface area (Å²) in [5.41, 5.74) is 0.326. The Kier molecular flexibility index (Phi) is 6.39. The number of halogens is 3. The number of carbonyl (C=O) groups is 2. The van der Waals surface area contributed by atoms with Crippen molar-refractivity contribution in [3.8, 4) is 0 Å². The fraction of sp³-hybridized carbons (Fsp3) is 0. The van der Waals surface area contributed by atoms with Crippen molar-refractivity contribution in [1.29, 1.82) is 0 Å². The van der Waals surface area contributed by atoms with Crippen molar-refractivity contribution in [2.75, 3.05) is 5.32 Å². The Morgan fingerprint density at radius 2 is 1.88 bits per heavy atom. The molecule has 0 aliphatic carbocycles. The van der Waals surface area contributed by atoms with Crippen molar-refractivity contribution < 1.29 is 14.7 Å². The number of anilines is 1. The maximum Gasteiger partial charge on any atom is 0.337 e. The van der Waals surface area contributed by atoms with Gasteiger partial charge in [-0.25, -0.2) is 4.79 Å². The molecule has 9 heteroatoms. The Morgan fingerprint density at radius 3 is 2.50 bits per heavy atom. The van der Waals surface area contributed by atoms with Crippen LogP contribution in [0.5, 0.6) is 0 Å². The number of carboxylic acid groups (broad SMARTS) is 1. The monoisotopic (exact) mass is 494 g/mol. The minimum Gasteiger partial charge on any atom is -0.478 e. The van der Waals surface area contributed by atoms with Crippen LogP contribution in [0.2, 0.25) is 10.0 Å². The molecule has 0 saturated heterocycles. The largest absolute Gasteiger partial charge is 0.478 e. The summed E-state index contributed by atoms with van der Waals surface area (Å²) in [5.74, 6) is -1.65. The molecule has 0 atom stereocenters. The average molecular weight is 495 g/mol. The molecule has 2 aromatic rings. The molecule has 0 aliphatic heterocycles. The van der Waals surface area contributed by atoms with Gasteiger partial charge in [0.2, 0.25) is 0 Å². The van der Waals surface area contributed by atoms with E-state index in [0.29, 0.717) is 5.56 Å². The van der Waals surface area contributed by atoms with Crippen molar-refractivity contribution >= 4 is 80.7 Å². The quantitative estimate of drug-likeness (QED) is 0.434. The number of carboxylic acids is 1. The van der Waals surface area contributed by atoms with Crippen LogP contribution in [0.3, 0.4) is 0 Å². The average Bonchev–Trinajstić information content (AvgIpc) is 2.49. The maximum atomic E-state index is 12.1. The lowest BCUT2D eigenvalue weighted by Gasteiger charge is -2.13. The third-order valence-corrected chi connectivity index (χ3v) is 4.23. The van der Waals surface area contributed by atoms with Crippen molar-refractivity contribution in [2.24, 2.45) is 0 Å². The van der Waals surface area contributed by atoms with Crippen molar-refractivity contribution in [2.45, 2.75) is 0 Å². The van der Waals surface area contributed by atoms with Gasteiger partial charge in [0.1, 0.15) is 0 Å². The second kappa shape index (κ2) is 8.11. The molecule has 2 rings (SSSR count). The van der Waals surface area contributed by atoms with Gasteiger partial charge in [-0.3, -0.25) is 10.1 Å². The summed E-state index contributed by atoms with van der Waals surface area (Å²) < 4.78 is 0.896. The lowest BCUT2D eigenvalue weighted by molar-refractivity contribution is 0.0698. The van der Waals surface area contributed by atoms with Crippen LogP contribution in [-0.2, 0) is 0 Å². The van der Waals surface area contributed by atoms with E-state index in [-0.39, 0.29) is 26.4 Å². The van der Waals surface area contributed by atoms with E-state index in [1.54, 1.807) is 18.2 Å². The lowest BCUT2D eigenvalue weighted by atomic mass is 10.2. The summed E-state index contributed by atoms with van der Waals surface area (Å²) in [5, 5.41) is 14.5. The normalized spacial score (nSPS) is 10.1. The van der Waals surface area contributed by atoms with E-state index in [0.717, 1.165) is 3.57 Å². The summed E-state index contributed by atoms with van der Waals surface area (Å²) in [6.07, 6.45) is 0. The summed E-state index contributed by atoms with van der Waals surface area (Å²) >= 11 is 19.0. The molecule has 0 saturated carbocycles. The summed E-state index contributed by atoms with van der Waals surface area (Å²) in [7, 11) is 0. The number of nitrogens with one attached hydrogen (secondary N) is 2. The minimum atomic E-state index is -1.23. The van der Waals surface area contributed by atoms with Crippen molar-refractivity contribution in [1.82, 2.24) is 5.32 Å². The highest BCUT2D eigenvalue weighted by Gasteiger charge is 2.17. The van der Waals surface area contributed by atoms with Gasteiger partial charge in [-0.2, -0.15) is 0 Å². The molecule has 0 heterocycles. The van der Waals surface area contributed by atoms with Gasteiger partial charge in [-0.05, 0) is 65.1 Å². The molecule has 0 aromatic heterocycles. The molecule has 0 fully saturated rings. The fourth-order valence-corrected chi connectivity index (χ4v) is 3.10. The zero-order chi connectivity index (χ0) is 17.9. The number of amides is 1. The van der Waals surface area contributed by atoms with Crippen molar-refractivity contribution in [3.05, 3.63) is 61.1 Å². The molecule has 3 N–H and O–H groups in total. The number of aromatic carboxylic acids is 1. The molecule has 24 heavy (non-hydrogen) atoms. The molecular weight excluding hydrogens is 486 g/mol. The summed E-state index contributed by atoms with van der Waals surface area (Å²) in [6.45, 7) is 0. The van der Waals surface area contributed by atoms with Gasteiger partial charge in [0, 0.05) is 14.2 Å². The first-order valence-corrected chi connectivity index (χ1v) is 8.62. The second-order valence-electron chi connectivity index (χ2n) is 4.53. The third kappa shape index (κ3) is 4.79. The first kappa shape index (κ1) is 18.9. The molecule has 1 amide bonds. The molecule has 0 spiro atoms. The highest BCUT2D eigenvalue weighted by Crippen LogP contribution is 2.30. The first-order valence-electron chi connectivity index (χ1n) is 6.38. The molecule has 0 bridgehead atoms. The van der Waals surface area contributed by atoms with Crippen LogP contribution in [0.25, 0.3) is 0 Å². The zero-order valence-corrected chi connectivity index (χ0v) is 16.3. The molecule has 5 nitrogen and oxygen atoms in total. The van der Waals surface area contributed by atoms with Crippen LogP contribution < -0.4 is 10.6 Å². The van der Waals surface area contributed by atoms with E-state index in [9.17, 15) is 14.7 Å². The van der Waals surface area contributed by atoms with Gasteiger partial charge >= 0.3 is 5.97 Å². The van der Waals surface area contributed by atoms with E-state index in [2.05, 4.69) is 33.2 Å². The number of thiocarbonyl (C=S) groups is 1. The number of rotatable bonds is 3. The Morgan fingerprint density at radius 1 is 1.17 bits per heavy atom. The number of hydrogen-bond donors (Lipinski definition) is 3. The smallest absolute Gasteiger partial charge is 0.337 e. The lowest BCUT2D eigenvalue weighted by Crippen LogP contribution is -2.34. The summed E-state index contributed by atoms with van der Waals surface area (Å²) in [6, 6.07) is 9.53.